The highest BCUT2D eigenvalue weighted by atomic mass is 15.2. The van der Waals surface area contributed by atoms with Crippen LogP contribution < -0.4 is 5.32 Å². The van der Waals surface area contributed by atoms with Gasteiger partial charge >= 0.3 is 0 Å². The Balaban J connectivity index is 2.37. The molecule has 0 saturated carbocycles. The quantitative estimate of drug-likeness (QED) is 0.650. The number of rotatable bonds is 5. The summed E-state index contributed by atoms with van der Waals surface area (Å²) >= 11 is 0. The molecule has 0 spiro atoms. The molecule has 0 aromatic rings. The van der Waals surface area contributed by atoms with Crippen molar-refractivity contribution >= 4 is 0 Å². The van der Waals surface area contributed by atoms with Crippen LogP contribution in [-0.2, 0) is 0 Å². The third-order valence-corrected chi connectivity index (χ3v) is 2.67. The number of nitrogens with zero attached hydrogens (tertiary/aromatic N) is 1. The standard InChI is InChI=1S/C11H22N2/c1-3-7-11(10-12-2)13-8-5-4-6-9-13/h4-5,11-12H,3,6-10H2,1-2H3. The molecule has 0 radical (unpaired) electrons. The lowest BCUT2D eigenvalue weighted by molar-refractivity contribution is 0.200. The Morgan fingerprint density at radius 2 is 2.31 bits per heavy atom. The second kappa shape index (κ2) is 6.17. The maximum absolute atomic E-state index is 3.28. The molecule has 0 amide bonds. The van der Waals surface area contributed by atoms with Gasteiger partial charge in [-0.3, -0.25) is 4.90 Å². The topological polar surface area (TPSA) is 15.3 Å². The number of hydrogen-bond donors (Lipinski definition) is 1. The van der Waals surface area contributed by atoms with E-state index in [1.165, 1.54) is 25.8 Å². The van der Waals surface area contributed by atoms with E-state index in [-0.39, 0.29) is 0 Å². The molecule has 1 heterocycles. The van der Waals surface area contributed by atoms with E-state index in [0.717, 1.165) is 19.1 Å². The Labute approximate surface area is 82.0 Å². The normalized spacial score (nSPS) is 20.5. The van der Waals surface area contributed by atoms with Crippen LogP contribution >= 0.6 is 0 Å². The molecule has 76 valence electrons. The van der Waals surface area contributed by atoms with Crippen LogP contribution in [0.3, 0.4) is 0 Å². The average Bonchev–Trinajstić information content (AvgIpc) is 2.19. The molecule has 1 rings (SSSR count). The average molecular weight is 182 g/mol. The second-order valence-electron chi connectivity index (χ2n) is 3.76. The van der Waals surface area contributed by atoms with Gasteiger partial charge < -0.3 is 5.32 Å². The lowest BCUT2D eigenvalue weighted by Crippen LogP contribution is -2.43. The first-order chi connectivity index (χ1) is 6.38. The molecular formula is C11H22N2. The highest BCUT2D eigenvalue weighted by Gasteiger charge is 2.16. The lowest BCUT2D eigenvalue weighted by Gasteiger charge is -2.32. The van der Waals surface area contributed by atoms with Crippen LogP contribution in [0.15, 0.2) is 12.2 Å². The zero-order valence-corrected chi connectivity index (χ0v) is 8.92. The molecule has 1 atom stereocenters. The maximum Gasteiger partial charge on any atom is 0.0223 e. The summed E-state index contributed by atoms with van der Waals surface area (Å²) in [5.74, 6) is 0. The van der Waals surface area contributed by atoms with Crippen LogP contribution in [0.4, 0.5) is 0 Å². The molecule has 1 unspecified atom stereocenters. The van der Waals surface area contributed by atoms with E-state index in [0.29, 0.717) is 0 Å². The van der Waals surface area contributed by atoms with Crippen LogP contribution in [-0.4, -0.2) is 37.6 Å². The van der Waals surface area contributed by atoms with Gasteiger partial charge in [-0.2, -0.15) is 0 Å². The van der Waals surface area contributed by atoms with Crippen molar-refractivity contribution in [3.05, 3.63) is 12.2 Å². The summed E-state index contributed by atoms with van der Waals surface area (Å²) in [7, 11) is 2.04. The molecular weight excluding hydrogens is 160 g/mol. The zero-order chi connectivity index (χ0) is 9.52. The van der Waals surface area contributed by atoms with Crippen molar-refractivity contribution in [1.82, 2.24) is 10.2 Å². The van der Waals surface area contributed by atoms with Gasteiger partial charge in [0, 0.05) is 25.7 Å². The Hall–Kier alpha value is -0.340. The van der Waals surface area contributed by atoms with Crippen molar-refractivity contribution in [2.45, 2.75) is 32.2 Å². The van der Waals surface area contributed by atoms with Crippen molar-refractivity contribution in [2.24, 2.45) is 0 Å². The Morgan fingerprint density at radius 1 is 1.46 bits per heavy atom. The highest BCUT2D eigenvalue weighted by molar-refractivity contribution is 4.93. The molecule has 0 aromatic carbocycles. The van der Waals surface area contributed by atoms with Crippen molar-refractivity contribution in [3.8, 4) is 0 Å². The van der Waals surface area contributed by atoms with E-state index in [1.807, 2.05) is 7.05 Å². The van der Waals surface area contributed by atoms with Crippen LogP contribution in [0, 0.1) is 0 Å². The molecule has 1 aliphatic heterocycles. The molecule has 0 fully saturated rings. The fraction of sp³-hybridized carbons (Fsp3) is 0.818. The number of likely N-dealkylation sites (N-methyl/N-ethyl adjacent to an activating group) is 1. The van der Waals surface area contributed by atoms with Gasteiger partial charge in [-0.15, -0.1) is 0 Å². The molecule has 0 bridgehead atoms. The smallest absolute Gasteiger partial charge is 0.0223 e. The Kier molecular flexibility index (Phi) is 5.09. The minimum atomic E-state index is 0.736. The van der Waals surface area contributed by atoms with E-state index in [2.05, 4.69) is 29.3 Å². The summed E-state index contributed by atoms with van der Waals surface area (Å²) in [6.45, 7) is 5.78. The van der Waals surface area contributed by atoms with Crippen molar-refractivity contribution < 1.29 is 0 Å². The zero-order valence-electron chi connectivity index (χ0n) is 8.92. The SMILES string of the molecule is CCCC(CNC)N1CC=CCC1. The Bertz CT molecular complexity index is 148. The molecule has 0 saturated heterocycles. The van der Waals surface area contributed by atoms with Gasteiger partial charge in [-0.05, 0) is 19.9 Å². The van der Waals surface area contributed by atoms with E-state index >= 15 is 0 Å². The summed E-state index contributed by atoms with van der Waals surface area (Å²) in [4.78, 5) is 2.58. The summed E-state index contributed by atoms with van der Waals surface area (Å²) in [5, 5.41) is 3.28. The van der Waals surface area contributed by atoms with Crippen LogP contribution in [0.25, 0.3) is 0 Å². The van der Waals surface area contributed by atoms with Gasteiger partial charge in [-0.25, -0.2) is 0 Å². The summed E-state index contributed by atoms with van der Waals surface area (Å²) < 4.78 is 0. The fourth-order valence-electron chi connectivity index (χ4n) is 1.97. The monoisotopic (exact) mass is 182 g/mol. The van der Waals surface area contributed by atoms with Crippen molar-refractivity contribution in [1.29, 1.82) is 0 Å². The summed E-state index contributed by atoms with van der Waals surface area (Å²) in [6.07, 6.45) is 8.41. The number of nitrogens with one attached hydrogen (secondary N) is 1. The Morgan fingerprint density at radius 3 is 2.85 bits per heavy atom. The maximum atomic E-state index is 3.28. The third kappa shape index (κ3) is 3.49. The first kappa shape index (κ1) is 10.7. The second-order valence-corrected chi connectivity index (χ2v) is 3.76. The summed E-state index contributed by atoms with van der Waals surface area (Å²) in [5.41, 5.74) is 0. The van der Waals surface area contributed by atoms with Crippen LogP contribution in [0.1, 0.15) is 26.2 Å². The molecule has 2 heteroatoms. The lowest BCUT2D eigenvalue weighted by atomic mass is 10.1. The van der Waals surface area contributed by atoms with Gasteiger partial charge in [0.15, 0.2) is 0 Å². The van der Waals surface area contributed by atoms with E-state index in [9.17, 15) is 0 Å². The molecule has 13 heavy (non-hydrogen) atoms. The molecule has 0 aliphatic carbocycles. The molecule has 1 aliphatic rings. The minimum Gasteiger partial charge on any atom is -0.318 e. The summed E-state index contributed by atoms with van der Waals surface area (Å²) in [6, 6.07) is 0.736. The van der Waals surface area contributed by atoms with Gasteiger partial charge in [0.1, 0.15) is 0 Å². The van der Waals surface area contributed by atoms with Gasteiger partial charge in [0.2, 0.25) is 0 Å². The molecule has 1 N–H and O–H groups in total. The van der Waals surface area contributed by atoms with Gasteiger partial charge in [0.05, 0.1) is 0 Å². The van der Waals surface area contributed by atoms with Gasteiger partial charge in [0.25, 0.3) is 0 Å². The van der Waals surface area contributed by atoms with E-state index in [4.69, 9.17) is 0 Å². The number of hydrogen-bond acceptors (Lipinski definition) is 2. The predicted octanol–water partition coefficient (Wildman–Crippen LogP) is 1.64. The molecule has 2 nitrogen and oxygen atoms in total. The van der Waals surface area contributed by atoms with Crippen LogP contribution in [0.5, 0.6) is 0 Å². The van der Waals surface area contributed by atoms with Crippen LogP contribution in [0.2, 0.25) is 0 Å². The first-order valence-electron chi connectivity index (χ1n) is 5.42. The predicted molar refractivity (Wildman–Crippen MR) is 58.0 cm³/mol. The minimum absolute atomic E-state index is 0.736. The fourth-order valence-corrected chi connectivity index (χ4v) is 1.97. The highest BCUT2D eigenvalue weighted by Crippen LogP contribution is 2.10. The van der Waals surface area contributed by atoms with Crippen molar-refractivity contribution in [3.63, 3.8) is 0 Å². The van der Waals surface area contributed by atoms with Gasteiger partial charge in [-0.1, -0.05) is 25.5 Å². The molecule has 0 aromatic heterocycles. The largest absolute Gasteiger partial charge is 0.318 e. The van der Waals surface area contributed by atoms with E-state index in [1.54, 1.807) is 0 Å². The van der Waals surface area contributed by atoms with E-state index < -0.39 is 0 Å². The van der Waals surface area contributed by atoms with Crippen molar-refractivity contribution in [2.75, 3.05) is 26.7 Å². The first-order valence-corrected chi connectivity index (χ1v) is 5.42. The third-order valence-electron chi connectivity index (χ3n) is 2.67.